The molecule has 3 N–H and O–H groups in total. The summed E-state index contributed by atoms with van der Waals surface area (Å²) in [5.41, 5.74) is 17.2. The van der Waals surface area contributed by atoms with Crippen molar-refractivity contribution in [2.24, 2.45) is 22.0 Å². The summed E-state index contributed by atoms with van der Waals surface area (Å²) in [6, 6.07) is 20.2. The van der Waals surface area contributed by atoms with Crippen molar-refractivity contribution in [3.8, 4) is 0 Å². The van der Waals surface area contributed by atoms with Gasteiger partial charge in [-0.15, -0.1) is 0 Å². The topological polar surface area (TPSA) is 196 Å². The molecule has 438 valence electrons. The number of aromatic nitrogens is 12. The Morgan fingerprint density at radius 2 is 1.04 bits per heavy atom. The minimum atomic E-state index is -0.0992. The zero-order valence-corrected chi connectivity index (χ0v) is 51.5. The molecular weight excluding hydrogens is 1150 g/mol. The molecule has 13 rings (SSSR count). The van der Waals surface area contributed by atoms with Crippen molar-refractivity contribution in [2.75, 3.05) is 73.7 Å². The molecule has 0 bridgehead atoms. The summed E-state index contributed by atoms with van der Waals surface area (Å²) >= 11 is 2.25. The standard InChI is InChI=1S/C26H33N5O.C20H24N6.C18H26IN5O/c1-4-26(3)13-15-30(16-14-26)21-18-27-24-23(19(2)20-10-6-5-7-11-20)29-31(25(24)28-21)22-12-8-9-17-32-22;1-14(15-6-4-3-5-7-15)17-18-19(25-24-17)23-16(12-22-18)26-10-8-20(2,13-21)9-11-26;1-3-18(2)7-9-23(10-8-18)13-12-20-15-16(19)22-24(17(15)21-13)14-6-4-5-11-25-14/h5-7,10-11,18,22H,2,4,8-9,12-17H2,1,3H3;3-7,12H,1,8-11,13,21H2,2H3,(H,23,24,25);12,14H,3-11H2,1-2H3. The van der Waals surface area contributed by atoms with Gasteiger partial charge in [0.15, 0.2) is 27.5 Å². The normalized spacial score (nSPS) is 20.6. The van der Waals surface area contributed by atoms with E-state index in [1.54, 1.807) is 0 Å². The highest BCUT2D eigenvalue weighted by Crippen LogP contribution is 2.39. The van der Waals surface area contributed by atoms with Crippen molar-refractivity contribution in [2.45, 2.75) is 137 Å². The van der Waals surface area contributed by atoms with Gasteiger partial charge in [0.25, 0.3) is 0 Å². The van der Waals surface area contributed by atoms with E-state index < -0.39 is 0 Å². The monoisotopic (exact) mass is 1230 g/mol. The van der Waals surface area contributed by atoms with Crippen molar-refractivity contribution in [3.05, 3.63) is 119 Å². The number of nitrogens with one attached hydrogen (secondary N) is 1. The molecule has 0 aliphatic carbocycles. The maximum Gasteiger partial charge on any atom is 0.202 e. The lowest BCUT2D eigenvalue weighted by Crippen LogP contribution is -2.42. The SMILES string of the molecule is C=C(c1ccccc1)c1[nH]nc2nc(N3CCC(C)(CN)CC3)cnc12.C=C(c1ccccc1)c1nn(C2CCCCO2)c2nc(N3CCC(C)(CC)CC3)cnc12.CCC1(C)CCN(c2cnc3c(I)nn(C4CCCCO4)c3n2)CC1. The Hall–Kier alpha value is -6.42. The van der Waals surface area contributed by atoms with E-state index in [0.717, 1.165) is 187 Å². The average Bonchev–Trinajstić information content (AvgIpc) is 4.47. The van der Waals surface area contributed by atoms with E-state index in [1.165, 1.54) is 44.9 Å². The molecule has 18 nitrogen and oxygen atoms in total. The molecule has 2 unspecified atom stereocenters. The molecule has 0 saturated carbocycles. The number of nitrogens with zero attached hydrogens (tertiary/aromatic N) is 14. The van der Waals surface area contributed by atoms with Gasteiger partial charge >= 0.3 is 0 Å². The molecule has 5 aliphatic rings. The molecule has 8 aromatic rings. The minimum Gasteiger partial charge on any atom is -0.356 e. The van der Waals surface area contributed by atoms with Crippen LogP contribution in [0.25, 0.3) is 44.6 Å². The Morgan fingerprint density at radius 1 is 0.590 bits per heavy atom. The first-order valence-electron chi connectivity index (χ1n) is 30.3. The zero-order chi connectivity index (χ0) is 57.7. The number of halogens is 1. The maximum absolute atomic E-state index is 6.09. The van der Waals surface area contributed by atoms with Gasteiger partial charge in [-0.1, -0.05) is 121 Å². The lowest BCUT2D eigenvalue weighted by Gasteiger charge is -2.39. The molecule has 0 amide bonds. The average molecular weight is 1240 g/mol. The van der Waals surface area contributed by atoms with Gasteiger partial charge in [0.1, 0.15) is 39.7 Å². The zero-order valence-electron chi connectivity index (χ0n) is 49.4. The molecular formula is C64H83IN16O2. The molecule has 5 aliphatic heterocycles. The van der Waals surface area contributed by atoms with Gasteiger partial charge in [0.2, 0.25) is 5.65 Å². The van der Waals surface area contributed by atoms with Gasteiger partial charge in [-0.3, -0.25) is 5.10 Å². The van der Waals surface area contributed by atoms with Gasteiger partial charge in [0.05, 0.1) is 24.3 Å². The fraction of sp³-hybridized carbons (Fsp3) is 0.516. The Morgan fingerprint density at radius 3 is 1.52 bits per heavy atom. The molecule has 5 fully saturated rings. The van der Waals surface area contributed by atoms with Crippen LogP contribution in [-0.4, -0.2) is 119 Å². The number of benzene rings is 2. The van der Waals surface area contributed by atoms with Crippen LogP contribution in [0.4, 0.5) is 17.5 Å². The number of piperidine rings is 3. The second-order valence-electron chi connectivity index (χ2n) is 24.5. The van der Waals surface area contributed by atoms with Crippen LogP contribution in [0.2, 0.25) is 0 Å². The number of nitrogens with two attached hydrogens (primary N) is 1. The van der Waals surface area contributed by atoms with Crippen LogP contribution in [0, 0.1) is 19.9 Å². The second-order valence-corrected chi connectivity index (χ2v) is 25.5. The number of hydrogen-bond acceptors (Lipinski definition) is 15. The van der Waals surface area contributed by atoms with Crippen molar-refractivity contribution >= 4 is 84.7 Å². The first kappa shape index (κ1) is 58.4. The number of anilines is 3. The predicted molar refractivity (Wildman–Crippen MR) is 340 cm³/mol. The Labute approximate surface area is 502 Å². The smallest absolute Gasteiger partial charge is 0.202 e. The van der Waals surface area contributed by atoms with E-state index in [-0.39, 0.29) is 17.9 Å². The Kier molecular flexibility index (Phi) is 17.9. The molecule has 2 atom stereocenters. The van der Waals surface area contributed by atoms with E-state index >= 15 is 0 Å². The second kappa shape index (κ2) is 25.4. The number of fused-ring (bicyclic) bond motifs is 3. The fourth-order valence-electron chi connectivity index (χ4n) is 12.0. The number of H-pyrrole nitrogens is 1. The van der Waals surface area contributed by atoms with Gasteiger partial charge in [-0.05, 0) is 134 Å². The number of aromatic amines is 1. The highest BCUT2D eigenvalue weighted by atomic mass is 127. The van der Waals surface area contributed by atoms with Gasteiger partial charge < -0.3 is 29.9 Å². The minimum absolute atomic E-state index is 0.00550. The summed E-state index contributed by atoms with van der Waals surface area (Å²) in [5.74, 6) is 2.78. The predicted octanol–water partition coefficient (Wildman–Crippen LogP) is 12.7. The molecule has 0 spiro atoms. The lowest BCUT2D eigenvalue weighted by atomic mass is 9.78. The lowest BCUT2D eigenvalue weighted by molar-refractivity contribution is -0.0372. The quantitative estimate of drug-likeness (QED) is 0.110. The third-order valence-corrected chi connectivity index (χ3v) is 19.5. The first-order chi connectivity index (χ1) is 40.3. The summed E-state index contributed by atoms with van der Waals surface area (Å²) < 4.78 is 16.8. The molecule has 6 aromatic heterocycles. The summed E-state index contributed by atoms with van der Waals surface area (Å²) in [5, 5.41) is 17.0. The van der Waals surface area contributed by atoms with Crippen LogP contribution in [0.5, 0.6) is 0 Å². The largest absolute Gasteiger partial charge is 0.356 e. The Bertz CT molecular complexity index is 3490. The van der Waals surface area contributed by atoms with Crippen LogP contribution in [0.15, 0.2) is 92.4 Å². The molecule has 83 heavy (non-hydrogen) atoms. The third kappa shape index (κ3) is 12.8. The molecule has 2 aromatic carbocycles. The van der Waals surface area contributed by atoms with Crippen LogP contribution < -0.4 is 20.4 Å². The summed E-state index contributed by atoms with van der Waals surface area (Å²) in [6.45, 7) is 28.5. The van der Waals surface area contributed by atoms with Crippen LogP contribution in [0.1, 0.15) is 159 Å². The van der Waals surface area contributed by atoms with Crippen molar-refractivity contribution < 1.29 is 9.47 Å². The summed E-state index contributed by atoms with van der Waals surface area (Å²) in [7, 11) is 0. The fourth-order valence-corrected chi connectivity index (χ4v) is 12.6. The maximum atomic E-state index is 6.09. The number of hydrogen-bond donors (Lipinski definition) is 2. The van der Waals surface area contributed by atoms with Gasteiger partial charge in [-0.25, -0.2) is 39.3 Å². The van der Waals surface area contributed by atoms with Crippen LogP contribution in [0.3, 0.4) is 0 Å². The number of rotatable bonds is 12. The number of ether oxygens (including phenoxy) is 2. The third-order valence-electron chi connectivity index (χ3n) is 18.8. The van der Waals surface area contributed by atoms with E-state index in [4.69, 9.17) is 40.2 Å². The van der Waals surface area contributed by atoms with Crippen molar-refractivity contribution in [1.82, 2.24) is 59.7 Å². The van der Waals surface area contributed by atoms with E-state index in [2.05, 4.69) is 122 Å². The summed E-state index contributed by atoms with van der Waals surface area (Å²) in [4.78, 5) is 35.9. The van der Waals surface area contributed by atoms with Crippen molar-refractivity contribution in [3.63, 3.8) is 0 Å². The van der Waals surface area contributed by atoms with E-state index in [0.29, 0.717) is 16.5 Å². The van der Waals surface area contributed by atoms with E-state index in [9.17, 15) is 0 Å². The van der Waals surface area contributed by atoms with E-state index in [1.807, 2.05) is 76.5 Å². The molecule has 5 saturated heterocycles. The van der Waals surface area contributed by atoms with Gasteiger partial charge in [0, 0.05) is 63.6 Å². The molecule has 19 heteroatoms. The van der Waals surface area contributed by atoms with Crippen LogP contribution in [-0.2, 0) is 9.47 Å². The van der Waals surface area contributed by atoms with Gasteiger partial charge in [-0.2, -0.15) is 15.3 Å². The molecule has 0 radical (unpaired) electrons. The highest BCUT2D eigenvalue weighted by molar-refractivity contribution is 14.1. The summed E-state index contributed by atoms with van der Waals surface area (Å²) in [6.07, 6.45) is 21.4. The van der Waals surface area contributed by atoms with Crippen molar-refractivity contribution in [1.29, 1.82) is 0 Å². The highest BCUT2D eigenvalue weighted by Gasteiger charge is 2.33. The Balaban J connectivity index is 0.000000132. The first-order valence-corrected chi connectivity index (χ1v) is 31.4. The molecule has 11 heterocycles. The van der Waals surface area contributed by atoms with Crippen LogP contribution >= 0.6 is 22.6 Å².